The maximum Gasteiger partial charge on any atom is 0.297 e. The van der Waals surface area contributed by atoms with Crippen LogP contribution in [-0.2, 0) is 25.6 Å². The highest BCUT2D eigenvalue weighted by atomic mass is 32.2. The number of aromatic nitrogens is 7. The van der Waals surface area contributed by atoms with Crippen molar-refractivity contribution in [3.63, 3.8) is 0 Å². The quantitative estimate of drug-likeness (QED) is 0.350. The molecule has 31 heavy (non-hydrogen) atoms. The Kier molecular flexibility index (Phi) is 5.23. The second kappa shape index (κ2) is 8.18. The van der Waals surface area contributed by atoms with Crippen molar-refractivity contribution in [1.29, 1.82) is 0 Å². The number of benzene rings is 1. The molecule has 9 nitrogen and oxygen atoms in total. The van der Waals surface area contributed by atoms with Crippen LogP contribution in [0, 0.1) is 6.92 Å². The number of thioether (sulfide) groups is 1. The highest BCUT2D eigenvalue weighted by Gasteiger charge is 2.23. The third-order valence-corrected chi connectivity index (χ3v) is 6.73. The molecular weight excluding hydrogens is 414 g/mol. The van der Waals surface area contributed by atoms with Gasteiger partial charge in [0.15, 0.2) is 5.69 Å². The monoisotopic (exact) mass is 437 g/mol. The molecule has 10 heteroatoms. The number of aryl methyl sites for hydroxylation is 1. The van der Waals surface area contributed by atoms with Crippen LogP contribution >= 0.6 is 11.8 Å². The maximum absolute atomic E-state index is 13.3. The van der Waals surface area contributed by atoms with Crippen molar-refractivity contribution >= 4 is 11.8 Å². The van der Waals surface area contributed by atoms with E-state index in [0.29, 0.717) is 16.6 Å². The maximum atomic E-state index is 13.3. The molecule has 160 valence electrons. The lowest BCUT2D eigenvalue weighted by Crippen LogP contribution is -2.22. The van der Waals surface area contributed by atoms with Crippen molar-refractivity contribution in [3.8, 4) is 11.4 Å². The van der Waals surface area contributed by atoms with E-state index in [0.717, 1.165) is 48.5 Å². The lowest BCUT2D eigenvalue weighted by molar-refractivity contribution is 0.376. The van der Waals surface area contributed by atoms with Crippen molar-refractivity contribution in [1.82, 2.24) is 34.7 Å². The average Bonchev–Trinajstić information content (AvgIpc) is 3.39. The Hall–Kier alpha value is -3.14. The molecule has 1 aliphatic carbocycles. The summed E-state index contributed by atoms with van der Waals surface area (Å²) in [5.74, 6) is 1.61. The SMILES string of the molecule is Cc1c(-n2nnnc2SCc2noc3c2CCCCC3)c(=O)n(-c2ccccc2)n1C. The first-order chi connectivity index (χ1) is 15.1. The van der Waals surface area contributed by atoms with E-state index in [1.807, 2.05) is 49.0 Å². The van der Waals surface area contributed by atoms with Gasteiger partial charge in [-0.25, -0.2) is 4.68 Å². The van der Waals surface area contributed by atoms with Gasteiger partial charge < -0.3 is 4.52 Å². The molecule has 3 aromatic heterocycles. The molecule has 0 atom stereocenters. The third kappa shape index (κ3) is 3.50. The van der Waals surface area contributed by atoms with Gasteiger partial charge in [-0.2, -0.15) is 4.68 Å². The molecule has 0 amide bonds. The largest absolute Gasteiger partial charge is 0.361 e. The lowest BCUT2D eigenvalue weighted by atomic mass is 10.1. The first kappa shape index (κ1) is 19.8. The van der Waals surface area contributed by atoms with Gasteiger partial charge in [-0.3, -0.25) is 9.48 Å². The van der Waals surface area contributed by atoms with Crippen LogP contribution in [0.15, 0.2) is 44.8 Å². The van der Waals surface area contributed by atoms with Gasteiger partial charge in [0.05, 0.1) is 17.1 Å². The summed E-state index contributed by atoms with van der Waals surface area (Å²) in [7, 11) is 1.86. The smallest absolute Gasteiger partial charge is 0.297 e. The minimum atomic E-state index is -0.171. The van der Waals surface area contributed by atoms with Crippen molar-refractivity contribution in [2.45, 2.75) is 49.9 Å². The zero-order valence-corrected chi connectivity index (χ0v) is 18.3. The Morgan fingerprint density at radius 2 is 1.94 bits per heavy atom. The van der Waals surface area contributed by atoms with Crippen LogP contribution in [0.3, 0.4) is 0 Å². The highest BCUT2D eigenvalue weighted by molar-refractivity contribution is 7.98. The molecule has 0 aliphatic heterocycles. The summed E-state index contributed by atoms with van der Waals surface area (Å²) >= 11 is 1.46. The Labute approximate surface area is 183 Å². The highest BCUT2D eigenvalue weighted by Crippen LogP contribution is 2.29. The van der Waals surface area contributed by atoms with Gasteiger partial charge in [-0.05, 0) is 48.7 Å². The van der Waals surface area contributed by atoms with Crippen molar-refractivity contribution in [2.24, 2.45) is 7.05 Å². The molecule has 1 aromatic carbocycles. The van der Waals surface area contributed by atoms with E-state index in [9.17, 15) is 4.79 Å². The van der Waals surface area contributed by atoms with Gasteiger partial charge in [0, 0.05) is 24.8 Å². The first-order valence-electron chi connectivity index (χ1n) is 10.4. The van der Waals surface area contributed by atoms with Gasteiger partial charge in [0.1, 0.15) is 5.76 Å². The zero-order chi connectivity index (χ0) is 21.4. The van der Waals surface area contributed by atoms with Gasteiger partial charge in [-0.15, -0.1) is 5.10 Å². The van der Waals surface area contributed by atoms with Crippen molar-refractivity contribution in [2.75, 3.05) is 0 Å². The lowest BCUT2D eigenvalue weighted by Gasteiger charge is -2.07. The van der Waals surface area contributed by atoms with Crippen LogP contribution in [0.1, 0.15) is 42.0 Å². The standard InChI is InChI=1S/C21H23N7O2S/c1-14-19(20(29)28(26(14)2)15-9-5-3-6-10-15)27-21(22-24-25-27)31-13-17-16-11-7-4-8-12-18(16)30-23-17/h3,5-6,9-10H,4,7-8,11-13H2,1-2H3. The minimum Gasteiger partial charge on any atom is -0.361 e. The molecule has 0 saturated heterocycles. The van der Waals surface area contributed by atoms with Crippen molar-refractivity contribution < 1.29 is 4.52 Å². The summed E-state index contributed by atoms with van der Waals surface area (Å²) in [6, 6.07) is 9.53. The predicted octanol–water partition coefficient (Wildman–Crippen LogP) is 3.01. The molecule has 5 rings (SSSR count). The topological polar surface area (TPSA) is 96.6 Å². The minimum absolute atomic E-state index is 0.171. The Bertz CT molecular complexity index is 1270. The second-order valence-electron chi connectivity index (χ2n) is 7.66. The molecular formula is C21H23N7O2S. The summed E-state index contributed by atoms with van der Waals surface area (Å²) in [5.41, 5.74) is 4.01. The van der Waals surface area contributed by atoms with Crippen LogP contribution in [0.25, 0.3) is 11.4 Å². The number of fused-ring (bicyclic) bond motifs is 1. The predicted molar refractivity (Wildman–Crippen MR) is 116 cm³/mol. The molecule has 4 aromatic rings. The fourth-order valence-corrected chi connectivity index (χ4v) is 4.92. The molecule has 0 spiro atoms. The van der Waals surface area contributed by atoms with E-state index in [-0.39, 0.29) is 5.56 Å². The molecule has 0 bridgehead atoms. The van der Waals surface area contributed by atoms with E-state index in [2.05, 4.69) is 20.7 Å². The fraction of sp³-hybridized carbons (Fsp3) is 0.381. The molecule has 1 aliphatic rings. The Balaban J connectivity index is 1.47. The average molecular weight is 438 g/mol. The molecule has 0 fully saturated rings. The number of para-hydroxylation sites is 1. The van der Waals surface area contributed by atoms with Gasteiger partial charge >= 0.3 is 0 Å². The Morgan fingerprint density at radius 1 is 1.13 bits per heavy atom. The van der Waals surface area contributed by atoms with E-state index < -0.39 is 0 Å². The van der Waals surface area contributed by atoms with E-state index in [4.69, 9.17) is 4.52 Å². The summed E-state index contributed by atoms with van der Waals surface area (Å²) in [5, 5.41) is 17.0. The number of nitrogens with zero attached hydrogens (tertiary/aromatic N) is 7. The summed E-state index contributed by atoms with van der Waals surface area (Å²) < 4.78 is 10.6. The molecule has 0 N–H and O–H groups in total. The molecule has 0 saturated carbocycles. The summed E-state index contributed by atoms with van der Waals surface area (Å²) in [6.45, 7) is 1.89. The Morgan fingerprint density at radius 3 is 2.77 bits per heavy atom. The van der Waals surface area contributed by atoms with Crippen LogP contribution in [0.5, 0.6) is 0 Å². The van der Waals surface area contributed by atoms with E-state index >= 15 is 0 Å². The molecule has 3 heterocycles. The summed E-state index contributed by atoms with van der Waals surface area (Å²) in [6.07, 6.45) is 5.47. The zero-order valence-electron chi connectivity index (χ0n) is 17.5. The number of hydrogen-bond donors (Lipinski definition) is 0. The van der Waals surface area contributed by atoms with E-state index in [1.54, 1.807) is 4.68 Å². The number of hydrogen-bond acceptors (Lipinski definition) is 7. The first-order valence-corrected chi connectivity index (χ1v) is 11.4. The summed E-state index contributed by atoms with van der Waals surface area (Å²) in [4.78, 5) is 13.3. The van der Waals surface area contributed by atoms with Crippen molar-refractivity contribution in [3.05, 3.63) is 63.4 Å². The second-order valence-corrected chi connectivity index (χ2v) is 8.61. The van der Waals surface area contributed by atoms with Gasteiger partial charge in [0.25, 0.3) is 5.56 Å². The number of rotatable bonds is 5. The molecule has 0 unspecified atom stereocenters. The van der Waals surface area contributed by atoms with Gasteiger partial charge in [0.2, 0.25) is 5.16 Å². The van der Waals surface area contributed by atoms with E-state index in [1.165, 1.54) is 28.4 Å². The van der Waals surface area contributed by atoms with Gasteiger partial charge in [-0.1, -0.05) is 41.5 Å². The number of tetrazole rings is 1. The molecule has 0 radical (unpaired) electrons. The third-order valence-electron chi connectivity index (χ3n) is 5.80. The van der Waals surface area contributed by atoms with Crippen LogP contribution in [0.2, 0.25) is 0 Å². The van der Waals surface area contributed by atoms with Crippen LogP contribution < -0.4 is 5.56 Å². The van der Waals surface area contributed by atoms with Crippen LogP contribution in [0.4, 0.5) is 0 Å². The van der Waals surface area contributed by atoms with Crippen LogP contribution in [-0.4, -0.2) is 34.7 Å². The normalized spacial score (nSPS) is 13.9. The fourth-order valence-electron chi connectivity index (χ4n) is 4.08.